The standard InChI is InChI=1S/C18H20F2N2O4S/c1-12(2)26-14-9-7-13(8-10-14)21-17(23)11-22(27(3,24)25)18-15(19)5-4-6-16(18)20/h4-10,12H,11H2,1-3H3,(H,21,23). The van der Waals surface area contributed by atoms with E-state index in [1.807, 2.05) is 13.8 Å². The van der Waals surface area contributed by atoms with Gasteiger partial charge in [-0.15, -0.1) is 0 Å². The van der Waals surface area contributed by atoms with Crippen molar-refractivity contribution >= 4 is 27.3 Å². The maximum absolute atomic E-state index is 14.0. The fourth-order valence-corrected chi connectivity index (χ4v) is 3.17. The van der Waals surface area contributed by atoms with Gasteiger partial charge in [0.15, 0.2) is 11.6 Å². The summed E-state index contributed by atoms with van der Waals surface area (Å²) in [5.41, 5.74) is -0.408. The molecule has 0 aliphatic rings. The quantitative estimate of drug-likeness (QED) is 0.777. The fourth-order valence-electron chi connectivity index (χ4n) is 2.31. The number of ether oxygens (including phenoxy) is 1. The molecule has 0 saturated heterocycles. The predicted octanol–water partition coefficient (Wildman–Crippen LogP) is 3.16. The zero-order chi connectivity index (χ0) is 20.2. The number of carbonyl (C=O) groups is 1. The van der Waals surface area contributed by atoms with Crippen molar-refractivity contribution in [1.82, 2.24) is 0 Å². The van der Waals surface area contributed by atoms with E-state index in [0.29, 0.717) is 15.7 Å². The number of anilines is 2. The number of amides is 1. The Morgan fingerprint density at radius 3 is 2.15 bits per heavy atom. The van der Waals surface area contributed by atoms with Gasteiger partial charge >= 0.3 is 0 Å². The molecule has 146 valence electrons. The topological polar surface area (TPSA) is 75.7 Å². The summed E-state index contributed by atoms with van der Waals surface area (Å²) in [5.74, 6) is -2.30. The smallest absolute Gasteiger partial charge is 0.245 e. The normalized spacial score (nSPS) is 11.3. The molecule has 0 aromatic heterocycles. The van der Waals surface area contributed by atoms with Crippen LogP contribution in [0.2, 0.25) is 0 Å². The summed E-state index contributed by atoms with van der Waals surface area (Å²) in [6.07, 6.45) is 0.758. The van der Waals surface area contributed by atoms with E-state index in [2.05, 4.69) is 5.32 Å². The van der Waals surface area contributed by atoms with Crippen LogP contribution in [0.4, 0.5) is 20.2 Å². The van der Waals surface area contributed by atoms with Crippen LogP contribution in [0.3, 0.4) is 0 Å². The second kappa shape index (κ2) is 8.34. The fraction of sp³-hybridized carbons (Fsp3) is 0.278. The minimum absolute atomic E-state index is 0.00979. The summed E-state index contributed by atoms with van der Waals surface area (Å²) in [5, 5.41) is 2.49. The lowest BCUT2D eigenvalue weighted by molar-refractivity contribution is -0.114. The van der Waals surface area contributed by atoms with Crippen LogP contribution in [0.25, 0.3) is 0 Å². The number of nitrogens with one attached hydrogen (secondary N) is 1. The molecule has 0 bridgehead atoms. The van der Waals surface area contributed by atoms with Crippen LogP contribution < -0.4 is 14.4 Å². The summed E-state index contributed by atoms with van der Waals surface area (Å²) < 4.78 is 57.7. The lowest BCUT2D eigenvalue weighted by atomic mass is 10.2. The second-order valence-electron chi connectivity index (χ2n) is 6.08. The van der Waals surface area contributed by atoms with Crippen molar-refractivity contribution in [3.8, 4) is 5.75 Å². The van der Waals surface area contributed by atoms with Gasteiger partial charge in [0.25, 0.3) is 0 Å². The first kappa shape index (κ1) is 20.6. The van der Waals surface area contributed by atoms with Gasteiger partial charge in [-0.1, -0.05) is 6.07 Å². The van der Waals surface area contributed by atoms with Crippen molar-refractivity contribution < 1.29 is 26.7 Å². The van der Waals surface area contributed by atoms with Gasteiger partial charge in [0.1, 0.15) is 18.0 Å². The van der Waals surface area contributed by atoms with E-state index in [4.69, 9.17) is 4.74 Å². The third kappa shape index (κ3) is 5.65. The minimum atomic E-state index is -4.10. The third-order valence-corrected chi connectivity index (χ3v) is 4.50. The van der Waals surface area contributed by atoms with E-state index in [1.165, 1.54) is 0 Å². The van der Waals surface area contributed by atoms with Crippen LogP contribution in [-0.2, 0) is 14.8 Å². The van der Waals surface area contributed by atoms with Crippen molar-refractivity contribution in [2.75, 3.05) is 22.4 Å². The van der Waals surface area contributed by atoms with Crippen LogP contribution in [-0.4, -0.2) is 33.2 Å². The van der Waals surface area contributed by atoms with Crippen molar-refractivity contribution in [2.24, 2.45) is 0 Å². The highest BCUT2D eigenvalue weighted by Crippen LogP contribution is 2.25. The first-order valence-electron chi connectivity index (χ1n) is 8.06. The van der Waals surface area contributed by atoms with Crippen molar-refractivity contribution in [2.45, 2.75) is 20.0 Å². The van der Waals surface area contributed by atoms with Crippen LogP contribution in [0, 0.1) is 11.6 Å². The molecular formula is C18H20F2N2O4S. The number of hydrogen-bond donors (Lipinski definition) is 1. The number of benzene rings is 2. The molecule has 0 heterocycles. The van der Waals surface area contributed by atoms with Gasteiger partial charge in [-0.05, 0) is 50.2 Å². The molecule has 27 heavy (non-hydrogen) atoms. The van der Waals surface area contributed by atoms with Crippen LogP contribution in [0.5, 0.6) is 5.75 Å². The third-order valence-electron chi connectivity index (χ3n) is 3.38. The van der Waals surface area contributed by atoms with E-state index in [1.54, 1.807) is 24.3 Å². The Hall–Kier alpha value is -2.68. The second-order valence-corrected chi connectivity index (χ2v) is 7.99. The van der Waals surface area contributed by atoms with Crippen molar-refractivity contribution in [1.29, 1.82) is 0 Å². The van der Waals surface area contributed by atoms with E-state index in [-0.39, 0.29) is 6.10 Å². The zero-order valence-corrected chi connectivity index (χ0v) is 15.9. The monoisotopic (exact) mass is 398 g/mol. The summed E-state index contributed by atoms with van der Waals surface area (Å²) in [4.78, 5) is 12.2. The number of nitrogens with zero attached hydrogens (tertiary/aromatic N) is 1. The SMILES string of the molecule is CC(C)Oc1ccc(NC(=O)CN(c2c(F)cccc2F)S(C)(=O)=O)cc1. The summed E-state index contributed by atoms with van der Waals surface area (Å²) in [7, 11) is -4.10. The highest BCUT2D eigenvalue weighted by atomic mass is 32.2. The highest BCUT2D eigenvalue weighted by Gasteiger charge is 2.26. The molecule has 1 amide bonds. The molecular weight excluding hydrogens is 378 g/mol. The predicted molar refractivity (Wildman–Crippen MR) is 99.4 cm³/mol. The Labute approximate surface area is 156 Å². The molecule has 0 spiro atoms. The Kier molecular flexibility index (Phi) is 6.37. The van der Waals surface area contributed by atoms with Gasteiger partial charge in [0.2, 0.25) is 15.9 Å². The first-order chi connectivity index (χ1) is 12.6. The van der Waals surface area contributed by atoms with E-state index in [0.717, 1.165) is 24.5 Å². The molecule has 0 atom stereocenters. The van der Waals surface area contributed by atoms with E-state index in [9.17, 15) is 22.0 Å². The van der Waals surface area contributed by atoms with Crippen LogP contribution in [0.15, 0.2) is 42.5 Å². The number of rotatable bonds is 7. The average Bonchev–Trinajstić information content (AvgIpc) is 2.54. The Bertz CT molecular complexity index is 895. The number of hydrogen-bond acceptors (Lipinski definition) is 4. The van der Waals surface area contributed by atoms with Gasteiger partial charge < -0.3 is 10.1 Å². The van der Waals surface area contributed by atoms with Gasteiger partial charge in [0, 0.05) is 5.69 Å². The van der Waals surface area contributed by atoms with E-state index < -0.39 is 39.8 Å². The number of para-hydroxylation sites is 1. The number of carbonyl (C=O) groups excluding carboxylic acids is 1. The number of halogens is 2. The van der Waals surface area contributed by atoms with Crippen molar-refractivity contribution in [3.63, 3.8) is 0 Å². The van der Waals surface area contributed by atoms with Gasteiger partial charge in [0.05, 0.1) is 12.4 Å². The molecule has 0 aliphatic heterocycles. The molecule has 0 unspecified atom stereocenters. The maximum Gasteiger partial charge on any atom is 0.245 e. The molecule has 0 aliphatic carbocycles. The van der Waals surface area contributed by atoms with Crippen LogP contribution >= 0.6 is 0 Å². The molecule has 0 fully saturated rings. The first-order valence-corrected chi connectivity index (χ1v) is 9.91. The zero-order valence-electron chi connectivity index (χ0n) is 15.1. The van der Waals surface area contributed by atoms with E-state index >= 15 is 0 Å². The highest BCUT2D eigenvalue weighted by molar-refractivity contribution is 7.92. The Balaban J connectivity index is 2.18. The van der Waals surface area contributed by atoms with Crippen LogP contribution in [0.1, 0.15) is 13.8 Å². The Morgan fingerprint density at radius 2 is 1.67 bits per heavy atom. The summed E-state index contributed by atoms with van der Waals surface area (Å²) >= 11 is 0. The Morgan fingerprint density at radius 1 is 1.11 bits per heavy atom. The largest absolute Gasteiger partial charge is 0.491 e. The van der Waals surface area contributed by atoms with Gasteiger partial charge in [-0.2, -0.15) is 0 Å². The molecule has 2 aromatic carbocycles. The van der Waals surface area contributed by atoms with Gasteiger partial charge in [-0.25, -0.2) is 17.2 Å². The maximum atomic E-state index is 14.0. The summed E-state index contributed by atoms with van der Waals surface area (Å²) in [6.45, 7) is 2.97. The molecule has 2 aromatic rings. The molecule has 0 radical (unpaired) electrons. The minimum Gasteiger partial charge on any atom is -0.491 e. The average molecular weight is 398 g/mol. The lowest BCUT2D eigenvalue weighted by Gasteiger charge is -2.22. The molecule has 1 N–H and O–H groups in total. The lowest BCUT2D eigenvalue weighted by Crippen LogP contribution is -2.38. The molecule has 6 nitrogen and oxygen atoms in total. The molecule has 0 saturated carbocycles. The molecule has 2 rings (SSSR count). The molecule has 9 heteroatoms. The van der Waals surface area contributed by atoms with Crippen molar-refractivity contribution in [3.05, 3.63) is 54.1 Å². The summed E-state index contributed by atoms with van der Waals surface area (Å²) in [6, 6.07) is 9.37. The number of sulfonamides is 1. The van der Waals surface area contributed by atoms with Gasteiger partial charge in [-0.3, -0.25) is 9.10 Å².